The average Bonchev–Trinajstić information content (AvgIpc) is 2.17. The van der Waals surface area contributed by atoms with Crippen LogP contribution in [-0.4, -0.2) is 11.7 Å². The molecule has 1 rings (SSSR count). The molecule has 0 amide bonds. The lowest BCUT2D eigenvalue weighted by atomic mass is 9.95. The van der Waals surface area contributed by atoms with E-state index in [0.717, 1.165) is 5.56 Å². The van der Waals surface area contributed by atoms with Crippen LogP contribution < -0.4 is 5.73 Å². The van der Waals surface area contributed by atoms with Gasteiger partial charge in [-0.15, -0.1) is 0 Å². The zero-order valence-corrected chi connectivity index (χ0v) is 8.20. The highest BCUT2D eigenvalue weighted by Crippen LogP contribution is 2.18. The van der Waals surface area contributed by atoms with E-state index in [0.29, 0.717) is 0 Å². The van der Waals surface area contributed by atoms with Crippen molar-refractivity contribution >= 4 is 0 Å². The summed E-state index contributed by atoms with van der Waals surface area (Å²) < 4.78 is 0. The van der Waals surface area contributed by atoms with E-state index < -0.39 is 0 Å². The van der Waals surface area contributed by atoms with E-state index in [9.17, 15) is 0 Å². The Kier molecular flexibility index (Phi) is 3.46. The maximum absolute atomic E-state index is 8.94. The second kappa shape index (κ2) is 4.40. The van der Waals surface area contributed by atoms with Crippen molar-refractivity contribution in [1.29, 1.82) is 0 Å². The van der Waals surface area contributed by atoms with Gasteiger partial charge in [0.25, 0.3) is 0 Å². The number of aliphatic hydroxyl groups is 1. The van der Waals surface area contributed by atoms with E-state index in [-0.39, 0.29) is 18.6 Å². The predicted octanol–water partition coefficient (Wildman–Crippen LogP) is 1.62. The maximum atomic E-state index is 8.94. The lowest BCUT2D eigenvalue weighted by Crippen LogP contribution is -2.21. The van der Waals surface area contributed by atoms with Crippen LogP contribution in [0.1, 0.15) is 24.1 Å². The number of nitrogens with two attached hydrogens (primary N) is 1. The van der Waals surface area contributed by atoms with Crippen molar-refractivity contribution in [2.75, 3.05) is 6.61 Å². The van der Waals surface area contributed by atoms with Crippen LogP contribution in [0, 0.1) is 12.8 Å². The standard InChI is InChI=1S/C11H17NO/c1-8-3-5-10(6-4-8)11(12)9(2)7-13/h3-6,9,11,13H,7,12H2,1-2H3. The van der Waals surface area contributed by atoms with Crippen molar-refractivity contribution in [1.82, 2.24) is 0 Å². The quantitative estimate of drug-likeness (QED) is 0.740. The fourth-order valence-corrected chi connectivity index (χ4v) is 1.23. The predicted molar refractivity (Wildman–Crippen MR) is 54.4 cm³/mol. The molecule has 1 aromatic rings. The number of rotatable bonds is 3. The summed E-state index contributed by atoms with van der Waals surface area (Å²) in [5, 5.41) is 8.94. The lowest BCUT2D eigenvalue weighted by molar-refractivity contribution is 0.217. The molecule has 0 heterocycles. The molecule has 2 nitrogen and oxygen atoms in total. The lowest BCUT2D eigenvalue weighted by Gasteiger charge is -2.17. The molecule has 0 aliphatic rings. The highest BCUT2D eigenvalue weighted by Gasteiger charge is 2.12. The van der Waals surface area contributed by atoms with Gasteiger partial charge in [0, 0.05) is 12.6 Å². The summed E-state index contributed by atoms with van der Waals surface area (Å²) in [4.78, 5) is 0. The summed E-state index contributed by atoms with van der Waals surface area (Å²) in [5.41, 5.74) is 8.26. The number of aryl methyl sites for hydroxylation is 1. The van der Waals surface area contributed by atoms with Crippen LogP contribution in [0.4, 0.5) is 0 Å². The molecule has 3 N–H and O–H groups in total. The Morgan fingerprint density at radius 3 is 2.31 bits per heavy atom. The van der Waals surface area contributed by atoms with Crippen molar-refractivity contribution in [3.8, 4) is 0 Å². The maximum Gasteiger partial charge on any atom is 0.0474 e. The summed E-state index contributed by atoms with van der Waals surface area (Å²) in [5.74, 6) is 0.114. The van der Waals surface area contributed by atoms with Gasteiger partial charge in [-0.1, -0.05) is 36.8 Å². The first-order chi connectivity index (χ1) is 6.15. The summed E-state index contributed by atoms with van der Waals surface area (Å²) in [6.45, 7) is 4.13. The smallest absolute Gasteiger partial charge is 0.0474 e. The molecule has 2 atom stereocenters. The highest BCUT2D eigenvalue weighted by molar-refractivity contribution is 5.24. The van der Waals surface area contributed by atoms with Crippen molar-refractivity contribution in [3.05, 3.63) is 35.4 Å². The molecule has 0 spiro atoms. The highest BCUT2D eigenvalue weighted by atomic mass is 16.3. The van der Waals surface area contributed by atoms with Crippen molar-refractivity contribution in [2.24, 2.45) is 11.7 Å². The third-order valence-electron chi connectivity index (χ3n) is 2.36. The monoisotopic (exact) mass is 179 g/mol. The Morgan fingerprint density at radius 1 is 1.31 bits per heavy atom. The van der Waals surface area contributed by atoms with Crippen LogP contribution in [0.25, 0.3) is 0 Å². The van der Waals surface area contributed by atoms with Crippen LogP contribution in [0.5, 0.6) is 0 Å². The van der Waals surface area contributed by atoms with Gasteiger partial charge in [0.05, 0.1) is 0 Å². The minimum Gasteiger partial charge on any atom is -0.396 e. The number of hydrogen-bond acceptors (Lipinski definition) is 2. The fraction of sp³-hybridized carbons (Fsp3) is 0.455. The first-order valence-electron chi connectivity index (χ1n) is 4.58. The van der Waals surface area contributed by atoms with Crippen molar-refractivity contribution in [2.45, 2.75) is 19.9 Å². The van der Waals surface area contributed by atoms with Gasteiger partial charge in [0.1, 0.15) is 0 Å². The SMILES string of the molecule is Cc1ccc(C(N)C(C)CO)cc1. The van der Waals surface area contributed by atoms with Crippen molar-refractivity contribution in [3.63, 3.8) is 0 Å². The summed E-state index contributed by atoms with van der Waals surface area (Å²) >= 11 is 0. The van der Waals surface area contributed by atoms with Gasteiger partial charge >= 0.3 is 0 Å². The van der Waals surface area contributed by atoms with Crippen LogP contribution in [0.15, 0.2) is 24.3 Å². The molecular weight excluding hydrogens is 162 g/mol. The van der Waals surface area contributed by atoms with Gasteiger partial charge in [0.2, 0.25) is 0 Å². The Labute approximate surface area is 79.4 Å². The molecular formula is C11H17NO. The Bertz CT molecular complexity index is 255. The zero-order valence-electron chi connectivity index (χ0n) is 8.20. The molecule has 0 aromatic heterocycles. The Balaban J connectivity index is 2.77. The van der Waals surface area contributed by atoms with Gasteiger partial charge in [-0.25, -0.2) is 0 Å². The zero-order chi connectivity index (χ0) is 9.84. The second-order valence-electron chi connectivity index (χ2n) is 3.60. The Morgan fingerprint density at radius 2 is 1.85 bits per heavy atom. The molecule has 0 saturated carbocycles. The van der Waals surface area contributed by atoms with Crippen LogP contribution >= 0.6 is 0 Å². The van der Waals surface area contributed by atoms with Gasteiger partial charge in [0.15, 0.2) is 0 Å². The molecule has 0 fully saturated rings. The number of hydrogen-bond donors (Lipinski definition) is 2. The van der Waals surface area contributed by atoms with Gasteiger partial charge < -0.3 is 10.8 Å². The minimum absolute atomic E-state index is 0.0643. The third kappa shape index (κ3) is 2.54. The van der Waals surface area contributed by atoms with Crippen LogP contribution in [0.2, 0.25) is 0 Å². The van der Waals surface area contributed by atoms with Crippen LogP contribution in [-0.2, 0) is 0 Å². The fourth-order valence-electron chi connectivity index (χ4n) is 1.23. The average molecular weight is 179 g/mol. The molecule has 72 valence electrons. The van der Waals surface area contributed by atoms with E-state index in [1.54, 1.807) is 0 Å². The molecule has 13 heavy (non-hydrogen) atoms. The molecule has 0 saturated heterocycles. The van der Waals surface area contributed by atoms with E-state index >= 15 is 0 Å². The third-order valence-corrected chi connectivity index (χ3v) is 2.36. The summed E-state index contributed by atoms with van der Waals surface area (Å²) in [7, 11) is 0. The van der Waals surface area contributed by atoms with Crippen molar-refractivity contribution < 1.29 is 5.11 Å². The molecule has 1 aromatic carbocycles. The molecule has 2 unspecified atom stereocenters. The van der Waals surface area contributed by atoms with Gasteiger partial charge in [-0.3, -0.25) is 0 Å². The van der Waals surface area contributed by atoms with Gasteiger partial charge in [-0.05, 0) is 18.4 Å². The molecule has 0 aliphatic heterocycles. The first kappa shape index (κ1) is 10.2. The normalized spacial score (nSPS) is 15.4. The van der Waals surface area contributed by atoms with E-state index in [1.165, 1.54) is 5.56 Å². The van der Waals surface area contributed by atoms with Gasteiger partial charge in [-0.2, -0.15) is 0 Å². The molecule has 0 radical (unpaired) electrons. The number of benzene rings is 1. The van der Waals surface area contributed by atoms with Crippen LogP contribution in [0.3, 0.4) is 0 Å². The minimum atomic E-state index is -0.0643. The molecule has 2 heteroatoms. The molecule has 0 aliphatic carbocycles. The summed E-state index contributed by atoms with van der Waals surface area (Å²) in [6.07, 6.45) is 0. The van der Waals surface area contributed by atoms with E-state index in [1.807, 2.05) is 38.1 Å². The Hall–Kier alpha value is -0.860. The molecule has 0 bridgehead atoms. The largest absolute Gasteiger partial charge is 0.396 e. The van der Waals surface area contributed by atoms with E-state index in [4.69, 9.17) is 10.8 Å². The second-order valence-corrected chi connectivity index (χ2v) is 3.60. The topological polar surface area (TPSA) is 46.2 Å². The van der Waals surface area contributed by atoms with E-state index in [2.05, 4.69) is 0 Å². The first-order valence-corrected chi connectivity index (χ1v) is 4.58. The summed E-state index contributed by atoms with van der Waals surface area (Å²) in [6, 6.07) is 8.06. The number of aliphatic hydroxyl groups excluding tert-OH is 1.